The number of nitrogens with one attached hydrogen (secondary N) is 2. The average Bonchev–Trinajstić information content (AvgIpc) is 2.50. The first kappa shape index (κ1) is 17.9. The Morgan fingerprint density at radius 3 is 2.46 bits per heavy atom. The van der Waals surface area contributed by atoms with Crippen LogP contribution < -0.4 is 10.0 Å². The number of hydrogen-bond donors (Lipinski definition) is 3. The van der Waals surface area contributed by atoms with Crippen LogP contribution in [-0.4, -0.2) is 26.0 Å². The Bertz CT molecular complexity index is 836. The number of phenols is 1. The van der Waals surface area contributed by atoms with Crippen molar-refractivity contribution in [3.63, 3.8) is 0 Å². The summed E-state index contributed by atoms with van der Waals surface area (Å²) < 4.78 is 39.0. The topological polar surface area (TPSA) is 95.5 Å². The molecule has 3 N–H and O–H groups in total. The molecule has 1 amide bonds. The molecule has 2 rings (SSSR count). The molecule has 0 aliphatic rings. The summed E-state index contributed by atoms with van der Waals surface area (Å²) in [5, 5.41) is 12.2. The van der Waals surface area contributed by atoms with Gasteiger partial charge in [-0.2, -0.15) is 0 Å². The van der Waals surface area contributed by atoms with Gasteiger partial charge in [0, 0.05) is 13.0 Å². The van der Waals surface area contributed by atoms with Gasteiger partial charge >= 0.3 is 0 Å². The third-order valence-corrected chi connectivity index (χ3v) is 4.67. The van der Waals surface area contributed by atoms with Gasteiger partial charge in [-0.1, -0.05) is 6.07 Å². The molecule has 0 spiro atoms. The monoisotopic (exact) mass is 352 g/mol. The smallest absolute Gasteiger partial charge is 0.240 e. The summed E-state index contributed by atoms with van der Waals surface area (Å²) in [6.07, 6.45) is -0.117. The highest BCUT2D eigenvalue weighted by atomic mass is 32.2. The highest BCUT2D eigenvalue weighted by Crippen LogP contribution is 2.23. The zero-order valence-corrected chi connectivity index (χ0v) is 13.7. The number of halogens is 1. The lowest BCUT2D eigenvalue weighted by molar-refractivity contribution is -0.116. The number of aromatic hydroxyl groups is 1. The minimum Gasteiger partial charge on any atom is -0.506 e. The molecular weight excluding hydrogens is 335 g/mol. The van der Waals surface area contributed by atoms with Crippen LogP contribution in [0.2, 0.25) is 0 Å². The molecule has 0 unspecified atom stereocenters. The summed E-state index contributed by atoms with van der Waals surface area (Å²) >= 11 is 0. The number of amides is 1. The van der Waals surface area contributed by atoms with E-state index in [0.29, 0.717) is 0 Å². The van der Waals surface area contributed by atoms with Gasteiger partial charge in [-0.3, -0.25) is 4.79 Å². The summed E-state index contributed by atoms with van der Waals surface area (Å²) in [6.45, 7) is 1.67. The number of rotatable bonds is 6. The van der Waals surface area contributed by atoms with Gasteiger partial charge in [-0.25, -0.2) is 17.5 Å². The Morgan fingerprint density at radius 1 is 1.17 bits per heavy atom. The SMILES string of the molecule is Cc1ccc(NC(=O)CCNS(=O)(=O)c2ccc(F)cc2)c(O)c1. The predicted octanol–water partition coefficient (Wildman–Crippen LogP) is 2.15. The highest BCUT2D eigenvalue weighted by molar-refractivity contribution is 7.89. The lowest BCUT2D eigenvalue weighted by Crippen LogP contribution is -2.27. The van der Waals surface area contributed by atoms with Crippen LogP contribution in [0.3, 0.4) is 0 Å². The van der Waals surface area contributed by atoms with E-state index in [-0.39, 0.29) is 29.3 Å². The third-order valence-electron chi connectivity index (χ3n) is 3.20. The maximum Gasteiger partial charge on any atom is 0.240 e. The molecule has 0 aliphatic heterocycles. The van der Waals surface area contributed by atoms with Crippen molar-refractivity contribution in [1.29, 1.82) is 0 Å². The molecule has 0 saturated carbocycles. The third kappa shape index (κ3) is 4.77. The fraction of sp³-hybridized carbons (Fsp3) is 0.188. The molecule has 0 heterocycles. The quantitative estimate of drug-likeness (QED) is 0.694. The van der Waals surface area contributed by atoms with Crippen molar-refractivity contribution in [2.24, 2.45) is 0 Å². The van der Waals surface area contributed by atoms with Gasteiger partial charge in [0.1, 0.15) is 11.6 Å². The van der Waals surface area contributed by atoms with Crippen LogP contribution in [0.15, 0.2) is 47.4 Å². The standard InChI is InChI=1S/C16H17FN2O4S/c1-11-2-7-14(15(20)10-11)19-16(21)8-9-18-24(22,23)13-5-3-12(17)4-6-13/h2-7,10,18,20H,8-9H2,1H3,(H,19,21). The fourth-order valence-electron chi connectivity index (χ4n) is 1.96. The Labute approximate surface area is 139 Å². The summed E-state index contributed by atoms with van der Waals surface area (Å²) in [4.78, 5) is 11.7. The van der Waals surface area contributed by atoms with Gasteiger partial charge in [-0.15, -0.1) is 0 Å². The number of anilines is 1. The molecule has 2 aromatic rings. The van der Waals surface area contributed by atoms with Crippen LogP contribution in [0.5, 0.6) is 5.75 Å². The summed E-state index contributed by atoms with van der Waals surface area (Å²) in [5.41, 5.74) is 1.10. The predicted molar refractivity (Wildman–Crippen MR) is 87.7 cm³/mol. The molecule has 0 atom stereocenters. The highest BCUT2D eigenvalue weighted by Gasteiger charge is 2.14. The molecule has 24 heavy (non-hydrogen) atoms. The van der Waals surface area contributed by atoms with Crippen LogP contribution in [-0.2, 0) is 14.8 Å². The number of carbonyl (C=O) groups excluding carboxylic acids is 1. The zero-order valence-electron chi connectivity index (χ0n) is 12.9. The maximum atomic E-state index is 12.8. The Hall–Kier alpha value is -2.45. The van der Waals surface area contributed by atoms with Gasteiger partial charge in [0.15, 0.2) is 0 Å². The van der Waals surface area contributed by atoms with Crippen molar-refractivity contribution in [3.05, 3.63) is 53.8 Å². The van der Waals surface area contributed by atoms with E-state index in [0.717, 1.165) is 29.8 Å². The number of sulfonamides is 1. The van der Waals surface area contributed by atoms with Gasteiger partial charge in [-0.05, 0) is 48.9 Å². The number of phenolic OH excluding ortho intramolecular Hbond substituents is 1. The van der Waals surface area contributed by atoms with Crippen LogP contribution in [0.25, 0.3) is 0 Å². The Morgan fingerprint density at radius 2 is 1.83 bits per heavy atom. The molecule has 8 heteroatoms. The fourth-order valence-corrected chi connectivity index (χ4v) is 2.99. The number of hydrogen-bond acceptors (Lipinski definition) is 4. The minimum atomic E-state index is -3.81. The lowest BCUT2D eigenvalue weighted by atomic mass is 10.2. The van der Waals surface area contributed by atoms with Crippen LogP contribution in [0.4, 0.5) is 10.1 Å². The van der Waals surface area contributed by atoms with E-state index >= 15 is 0 Å². The van der Waals surface area contributed by atoms with E-state index in [1.165, 1.54) is 6.07 Å². The summed E-state index contributed by atoms with van der Waals surface area (Å²) in [6, 6.07) is 9.16. The van der Waals surface area contributed by atoms with E-state index in [1.807, 2.05) is 0 Å². The van der Waals surface area contributed by atoms with Gasteiger partial charge in [0.25, 0.3) is 0 Å². The number of carbonyl (C=O) groups is 1. The van der Waals surface area contributed by atoms with Crippen molar-refractivity contribution in [2.75, 3.05) is 11.9 Å². The van der Waals surface area contributed by atoms with Crippen molar-refractivity contribution in [2.45, 2.75) is 18.2 Å². The first-order valence-electron chi connectivity index (χ1n) is 7.12. The van der Waals surface area contributed by atoms with Crippen LogP contribution in [0, 0.1) is 12.7 Å². The minimum absolute atomic E-state index is 0.0600. The van der Waals surface area contributed by atoms with Gasteiger partial charge in [0.2, 0.25) is 15.9 Å². The molecule has 0 bridgehead atoms. The normalized spacial score (nSPS) is 11.2. The van der Waals surface area contributed by atoms with E-state index in [1.54, 1.807) is 19.1 Å². The Balaban J connectivity index is 1.89. The molecule has 2 aromatic carbocycles. The second kappa shape index (κ2) is 7.41. The summed E-state index contributed by atoms with van der Waals surface area (Å²) in [7, 11) is -3.81. The van der Waals surface area contributed by atoms with E-state index < -0.39 is 21.7 Å². The zero-order chi connectivity index (χ0) is 17.7. The van der Waals surface area contributed by atoms with E-state index in [9.17, 15) is 22.7 Å². The maximum absolute atomic E-state index is 12.8. The molecular formula is C16H17FN2O4S. The van der Waals surface area contributed by atoms with Crippen molar-refractivity contribution in [3.8, 4) is 5.75 Å². The number of benzene rings is 2. The number of aryl methyl sites for hydroxylation is 1. The largest absolute Gasteiger partial charge is 0.506 e. The summed E-state index contributed by atoms with van der Waals surface area (Å²) in [5.74, 6) is -1.04. The first-order valence-corrected chi connectivity index (χ1v) is 8.61. The second-order valence-electron chi connectivity index (χ2n) is 5.17. The van der Waals surface area contributed by atoms with Crippen molar-refractivity contribution in [1.82, 2.24) is 4.72 Å². The Kier molecular flexibility index (Phi) is 5.53. The van der Waals surface area contributed by atoms with E-state index in [2.05, 4.69) is 10.0 Å². The van der Waals surface area contributed by atoms with Crippen molar-refractivity contribution >= 4 is 21.6 Å². The van der Waals surface area contributed by atoms with Gasteiger partial charge < -0.3 is 10.4 Å². The first-order chi connectivity index (χ1) is 11.3. The van der Waals surface area contributed by atoms with Crippen molar-refractivity contribution < 1.29 is 22.7 Å². The molecule has 0 radical (unpaired) electrons. The molecule has 6 nitrogen and oxygen atoms in total. The lowest BCUT2D eigenvalue weighted by Gasteiger charge is -2.09. The molecule has 0 fully saturated rings. The second-order valence-corrected chi connectivity index (χ2v) is 6.94. The van der Waals surface area contributed by atoms with Gasteiger partial charge in [0.05, 0.1) is 10.6 Å². The molecule has 0 saturated heterocycles. The van der Waals surface area contributed by atoms with Crippen LogP contribution in [0.1, 0.15) is 12.0 Å². The molecule has 128 valence electrons. The van der Waals surface area contributed by atoms with E-state index in [4.69, 9.17) is 0 Å². The van der Waals surface area contributed by atoms with Crippen LogP contribution >= 0.6 is 0 Å². The molecule has 0 aliphatic carbocycles. The average molecular weight is 352 g/mol. The molecule has 0 aromatic heterocycles.